The Bertz CT molecular complexity index is 923. The summed E-state index contributed by atoms with van der Waals surface area (Å²) in [5, 5.41) is 11.3. The number of aliphatic hydroxyl groups is 1. The van der Waals surface area contributed by atoms with E-state index in [1.807, 2.05) is 66.7 Å². The molecule has 0 heterocycles. The second kappa shape index (κ2) is 7.52. The highest BCUT2D eigenvalue weighted by atomic mass is 16.5. The minimum atomic E-state index is -1.07. The lowest BCUT2D eigenvalue weighted by atomic mass is 9.52. The fraction of sp³-hybridized carbons (Fsp3) is 0.192. The van der Waals surface area contributed by atoms with Crippen molar-refractivity contribution in [3.63, 3.8) is 0 Å². The van der Waals surface area contributed by atoms with Gasteiger partial charge < -0.3 is 9.84 Å². The third-order valence-corrected chi connectivity index (χ3v) is 5.65. The number of rotatable bonds is 6. The molecule has 1 aliphatic rings. The molecule has 3 aromatic carbocycles. The number of benzene rings is 3. The van der Waals surface area contributed by atoms with Gasteiger partial charge in [0, 0.05) is 5.41 Å². The summed E-state index contributed by atoms with van der Waals surface area (Å²) in [7, 11) is 0. The Morgan fingerprint density at radius 1 is 0.821 bits per heavy atom. The van der Waals surface area contributed by atoms with Gasteiger partial charge in [0.1, 0.15) is 12.2 Å². The van der Waals surface area contributed by atoms with Crippen molar-refractivity contribution in [1.82, 2.24) is 0 Å². The van der Waals surface area contributed by atoms with E-state index in [4.69, 9.17) is 4.74 Å². The van der Waals surface area contributed by atoms with Crippen molar-refractivity contribution in [3.8, 4) is 0 Å². The van der Waals surface area contributed by atoms with Crippen LogP contribution in [0.1, 0.15) is 29.5 Å². The van der Waals surface area contributed by atoms with Gasteiger partial charge in [-0.3, -0.25) is 0 Å². The molecule has 28 heavy (non-hydrogen) atoms. The molecular formula is C26H24O2. The fourth-order valence-electron chi connectivity index (χ4n) is 4.28. The van der Waals surface area contributed by atoms with Crippen LogP contribution in [0.5, 0.6) is 0 Å². The zero-order valence-corrected chi connectivity index (χ0v) is 15.8. The van der Waals surface area contributed by atoms with E-state index in [1.165, 1.54) is 11.1 Å². The molecule has 140 valence electrons. The van der Waals surface area contributed by atoms with Crippen molar-refractivity contribution < 1.29 is 9.84 Å². The Labute approximate surface area is 166 Å². The highest BCUT2D eigenvalue weighted by Gasteiger charge is 2.58. The SMILES string of the molecule is C=C=C(OCc1ccccc1)C1(O)CC(c2ccccc2)(c2ccccc2)C1. The topological polar surface area (TPSA) is 29.5 Å². The Balaban J connectivity index is 1.59. The summed E-state index contributed by atoms with van der Waals surface area (Å²) in [4.78, 5) is 0. The molecule has 0 atom stereocenters. The smallest absolute Gasteiger partial charge is 0.170 e. The van der Waals surface area contributed by atoms with Gasteiger partial charge in [0.25, 0.3) is 0 Å². The minimum absolute atomic E-state index is 0.241. The van der Waals surface area contributed by atoms with Crippen LogP contribution in [-0.2, 0) is 16.8 Å². The average Bonchev–Trinajstić information content (AvgIpc) is 2.74. The van der Waals surface area contributed by atoms with E-state index >= 15 is 0 Å². The summed E-state index contributed by atoms with van der Waals surface area (Å²) >= 11 is 0. The molecule has 1 N–H and O–H groups in total. The Hall–Kier alpha value is -3.06. The zero-order chi connectivity index (χ0) is 19.5. The van der Waals surface area contributed by atoms with Crippen LogP contribution in [0.2, 0.25) is 0 Å². The van der Waals surface area contributed by atoms with Gasteiger partial charge >= 0.3 is 0 Å². The molecule has 0 bridgehead atoms. The van der Waals surface area contributed by atoms with Gasteiger partial charge in [-0.2, -0.15) is 0 Å². The molecule has 2 nitrogen and oxygen atoms in total. The van der Waals surface area contributed by atoms with Crippen LogP contribution in [-0.4, -0.2) is 10.7 Å². The monoisotopic (exact) mass is 368 g/mol. The van der Waals surface area contributed by atoms with Crippen molar-refractivity contribution in [3.05, 3.63) is 126 Å². The molecule has 0 unspecified atom stereocenters. The lowest BCUT2D eigenvalue weighted by molar-refractivity contribution is -0.0867. The molecule has 0 spiro atoms. The zero-order valence-electron chi connectivity index (χ0n) is 15.8. The third kappa shape index (κ3) is 3.29. The van der Waals surface area contributed by atoms with Crippen molar-refractivity contribution in [1.29, 1.82) is 0 Å². The first-order valence-electron chi connectivity index (χ1n) is 9.57. The van der Waals surface area contributed by atoms with Gasteiger partial charge in [0.2, 0.25) is 0 Å². The maximum atomic E-state index is 11.3. The van der Waals surface area contributed by atoms with E-state index in [-0.39, 0.29) is 5.41 Å². The molecule has 1 fully saturated rings. The summed E-state index contributed by atoms with van der Waals surface area (Å²) in [6.07, 6.45) is 1.08. The van der Waals surface area contributed by atoms with Crippen LogP contribution in [0.15, 0.2) is 109 Å². The van der Waals surface area contributed by atoms with Gasteiger partial charge in [-0.1, -0.05) is 103 Å². The number of hydrogen-bond donors (Lipinski definition) is 1. The third-order valence-electron chi connectivity index (χ3n) is 5.65. The summed E-state index contributed by atoms with van der Waals surface area (Å²) in [5.74, 6) is 0.429. The maximum absolute atomic E-state index is 11.3. The number of hydrogen-bond acceptors (Lipinski definition) is 2. The molecule has 0 amide bonds. The normalized spacial score (nSPS) is 16.5. The van der Waals surface area contributed by atoms with Gasteiger partial charge in [0.05, 0.1) is 0 Å². The van der Waals surface area contributed by atoms with Crippen LogP contribution in [0.3, 0.4) is 0 Å². The largest absolute Gasteiger partial charge is 0.482 e. The van der Waals surface area contributed by atoms with E-state index in [0.29, 0.717) is 25.2 Å². The van der Waals surface area contributed by atoms with Crippen molar-refractivity contribution in [2.45, 2.75) is 30.5 Å². The summed E-state index contributed by atoms with van der Waals surface area (Å²) in [5.41, 5.74) is 5.01. The summed E-state index contributed by atoms with van der Waals surface area (Å²) in [6.45, 7) is 4.16. The van der Waals surface area contributed by atoms with E-state index in [9.17, 15) is 5.11 Å². The second-order valence-electron chi connectivity index (χ2n) is 7.48. The van der Waals surface area contributed by atoms with Crippen molar-refractivity contribution >= 4 is 0 Å². The van der Waals surface area contributed by atoms with Gasteiger partial charge in [-0.15, -0.1) is 0 Å². The van der Waals surface area contributed by atoms with Gasteiger partial charge in [-0.25, -0.2) is 0 Å². The molecule has 3 aromatic rings. The lowest BCUT2D eigenvalue weighted by Crippen LogP contribution is -2.56. The highest BCUT2D eigenvalue weighted by Crippen LogP contribution is 2.57. The van der Waals surface area contributed by atoms with E-state index in [2.05, 4.69) is 36.6 Å². The predicted octanol–water partition coefficient (Wildman–Crippen LogP) is 5.38. The second-order valence-corrected chi connectivity index (χ2v) is 7.48. The van der Waals surface area contributed by atoms with E-state index in [0.717, 1.165) is 5.56 Å². The minimum Gasteiger partial charge on any atom is -0.482 e. The molecule has 4 rings (SSSR count). The predicted molar refractivity (Wildman–Crippen MR) is 112 cm³/mol. The van der Waals surface area contributed by atoms with Crippen LogP contribution >= 0.6 is 0 Å². The highest BCUT2D eigenvalue weighted by molar-refractivity contribution is 5.46. The Morgan fingerprint density at radius 2 is 1.29 bits per heavy atom. The first kappa shape index (κ1) is 18.3. The molecule has 0 aliphatic heterocycles. The van der Waals surface area contributed by atoms with Crippen molar-refractivity contribution in [2.75, 3.05) is 0 Å². The van der Waals surface area contributed by atoms with Gasteiger partial charge in [-0.05, 0) is 29.5 Å². The average molecular weight is 368 g/mol. The molecule has 2 heteroatoms. The molecular weight excluding hydrogens is 344 g/mol. The van der Waals surface area contributed by atoms with Crippen LogP contribution in [0.25, 0.3) is 0 Å². The molecule has 0 aromatic heterocycles. The summed E-state index contributed by atoms with van der Waals surface area (Å²) < 4.78 is 5.94. The van der Waals surface area contributed by atoms with E-state index < -0.39 is 5.60 Å². The Morgan fingerprint density at radius 3 is 1.75 bits per heavy atom. The van der Waals surface area contributed by atoms with Crippen LogP contribution in [0, 0.1) is 0 Å². The van der Waals surface area contributed by atoms with E-state index in [1.54, 1.807) is 0 Å². The van der Waals surface area contributed by atoms with Gasteiger partial charge in [0.15, 0.2) is 5.76 Å². The first-order valence-corrected chi connectivity index (χ1v) is 9.57. The Kier molecular flexibility index (Phi) is 4.92. The molecule has 0 radical (unpaired) electrons. The molecule has 1 aliphatic carbocycles. The quantitative estimate of drug-likeness (QED) is 0.467. The molecule has 0 saturated heterocycles. The fourth-order valence-corrected chi connectivity index (χ4v) is 4.28. The molecule has 1 saturated carbocycles. The van der Waals surface area contributed by atoms with Crippen LogP contribution < -0.4 is 0 Å². The lowest BCUT2D eigenvalue weighted by Gasteiger charge is -2.54. The first-order chi connectivity index (χ1) is 13.7. The number of ether oxygens (including phenoxy) is 1. The van der Waals surface area contributed by atoms with Crippen molar-refractivity contribution in [2.24, 2.45) is 0 Å². The maximum Gasteiger partial charge on any atom is 0.170 e. The van der Waals surface area contributed by atoms with Crippen LogP contribution in [0.4, 0.5) is 0 Å². The summed E-state index contributed by atoms with van der Waals surface area (Å²) in [6, 6.07) is 30.7. The standard InChI is InChI=1S/C26H24O2/c1-2-24(28-18-21-12-6-3-7-13-21)26(27)19-25(20-26,22-14-8-4-9-15-22)23-16-10-5-11-17-23/h3-17,27H,1,18-20H2.